The molecule has 4 heterocycles. The van der Waals surface area contributed by atoms with Gasteiger partial charge in [0, 0.05) is 73.9 Å². The monoisotopic (exact) mass is 581 g/mol. The molecule has 3 aliphatic heterocycles. The average molecular weight is 582 g/mol. The third kappa shape index (κ3) is 6.49. The summed E-state index contributed by atoms with van der Waals surface area (Å²) in [5, 5.41) is 6.19. The average Bonchev–Trinajstić information content (AvgIpc) is 3.30. The Labute approximate surface area is 252 Å². The van der Waals surface area contributed by atoms with Crippen LogP contribution in [0.4, 0.5) is 11.5 Å². The van der Waals surface area contributed by atoms with Crippen molar-refractivity contribution in [3.63, 3.8) is 0 Å². The molecule has 2 bridgehead atoms. The molecule has 0 saturated carbocycles. The van der Waals surface area contributed by atoms with Gasteiger partial charge in [0.2, 0.25) is 5.91 Å². The lowest BCUT2D eigenvalue weighted by Gasteiger charge is -2.40. The van der Waals surface area contributed by atoms with Crippen LogP contribution in [-0.2, 0) is 6.54 Å². The number of pyridine rings is 1. The maximum atomic E-state index is 12.9. The fraction of sp³-hybridized carbons (Fsp3) is 0.394. The maximum absolute atomic E-state index is 12.9. The molecular formula is C33H39N7O3. The van der Waals surface area contributed by atoms with Crippen molar-refractivity contribution in [3.05, 3.63) is 89.1 Å². The number of hydrogen-bond acceptors (Lipinski definition) is 7. The van der Waals surface area contributed by atoms with Gasteiger partial charge in [0.15, 0.2) is 0 Å². The summed E-state index contributed by atoms with van der Waals surface area (Å²) in [5.74, 6) is 0.0692. The molecule has 0 spiro atoms. The Bertz CT molecular complexity index is 1440. The van der Waals surface area contributed by atoms with Crippen molar-refractivity contribution in [2.24, 2.45) is 5.73 Å². The number of primary amides is 1. The second-order valence-corrected chi connectivity index (χ2v) is 11.9. The molecule has 224 valence electrons. The van der Waals surface area contributed by atoms with Crippen molar-refractivity contribution in [1.82, 2.24) is 20.5 Å². The molecule has 3 saturated heterocycles. The summed E-state index contributed by atoms with van der Waals surface area (Å²) in [4.78, 5) is 48.8. The first-order valence-corrected chi connectivity index (χ1v) is 15.1. The first kappa shape index (κ1) is 28.7. The summed E-state index contributed by atoms with van der Waals surface area (Å²) in [5.41, 5.74) is 9.01. The number of nitrogens with zero attached hydrogens (tertiary/aromatic N) is 4. The Balaban J connectivity index is 1.00. The van der Waals surface area contributed by atoms with E-state index in [4.69, 9.17) is 5.73 Å². The van der Waals surface area contributed by atoms with Crippen LogP contribution in [0, 0.1) is 0 Å². The number of benzene rings is 2. The molecule has 3 amide bonds. The number of piperazine rings is 1. The number of piperidine rings is 1. The number of rotatable bonds is 8. The SMILES string of the molecule is CN1CCN(c2ccc(CNC(=O)c3ccc(N4[C@@H]5CC[C@H]4C[C@@H](NC(=O)c4ccc(C(N)=O)cc4)C5)nc3)cc2)CC1. The number of anilines is 2. The fourth-order valence-electron chi connectivity index (χ4n) is 6.57. The third-order valence-corrected chi connectivity index (χ3v) is 9.03. The number of carbonyl (C=O) groups excluding carboxylic acids is 3. The van der Waals surface area contributed by atoms with Gasteiger partial charge in [-0.3, -0.25) is 14.4 Å². The highest BCUT2D eigenvalue weighted by Crippen LogP contribution is 2.38. The number of hydrogen-bond donors (Lipinski definition) is 3. The highest BCUT2D eigenvalue weighted by molar-refractivity contribution is 5.97. The van der Waals surface area contributed by atoms with Gasteiger partial charge in [-0.15, -0.1) is 0 Å². The Morgan fingerprint density at radius 3 is 2.05 bits per heavy atom. The summed E-state index contributed by atoms with van der Waals surface area (Å²) >= 11 is 0. The van der Waals surface area contributed by atoms with Crippen molar-refractivity contribution in [2.75, 3.05) is 43.0 Å². The van der Waals surface area contributed by atoms with E-state index in [2.05, 4.69) is 61.6 Å². The molecule has 3 aromatic rings. The molecule has 6 rings (SSSR count). The van der Waals surface area contributed by atoms with Gasteiger partial charge in [0.1, 0.15) is 5.82 Å². The third-order valence-electron chi connectivity index (χ3n) is 9.03. The second kappa shape index (κ2) is 12.4. The molecule has 2 aromatic carbocycles. The smallest absolute Gasteiger partial charge is 0.253 e. The number of carbonyl (C=O) groups is 3. The molecule has 4 N–H and O–H groups in total. The van der Waals surface area contributed by atoms with E-state index in [1.807, 2.05) is 12.1 Å². The largest absolute Gasteiger partial charge is 0.369 e. The maximum Gasteiger partial charge on any atom is 0.253 e. The topological polar surface area (TPSA) is 124 Å². The van der Waals surface area contributed by atoms with Gasteiger partial charge in [-0.2, -0.15) is 0 Å². The Morgan fingerprint density at radius 2 is 1.44 bits per heavy atom. The molecule has 3 atom stereocenters. The molecule has 0 unspecified atom stereocenters. The standard InChI is InChI=1S/C33H39N7O3/c1-38-14-16-39(17-15-38)27-9-2-22(3-10-27)20-36-32(42)25-8-13-30(35-21-25)40-28-11-12-29(40)19-26(18-28)37-33(43)24-6-4-23(5-7-24)31(34)41/h2-10,13,21,26,28-29H,11-12,14-20H2,1H3,(H2,34,41)(H,36,42)(H,37,43)/t26-,28+,29-. The van der Waals surface area contributed by atoms with Crippen molar-refractivity contribution in [2.45, 2.75) is 50.4 Å². The Hall–Kier alpha value is -4.44. The van der Waals surface area contributed by atoms with Crippen LogP contribution < -0.4 is 26.2 Å². The van der Waals surface area contributed by atoms with Crippen LogP contribution in [-0.4, -0.2) is 79.0 Å². The predicted molar refractivity (Wildman–Crippen MR) is 166 cm³/mol. The summed E-state index contributed by atoms with van der Waals surface area (Å²) < 4.78 is 0. The zero-order valence-corrected chi connectivity index (χ0v) is 24.5. The normalized spacial score (nSPS) is 21.8. The molecule has 1 aromatic heterocycles. The van der Waals surface area contributed by atoms with E-state index in [0.717, 1.165) is 63.2 Å². The predicted octanol–water partition coefficient (Wildman–Crippen LogP) is 2.79. The molecular weight excluding hydrogens is 542 g/mol. The highest BCUT2D eigenvalue weighted by atomic mass is 16.2. The van der Waals surface area contributed by atoms with Gasteiger partial charge in [0.05, 0.1) is 5.56 Å². The lowest BCUT2D eigenvalue weighted by molar-refractivity contribution is 0.0923. The van der Waals surface area contributed by atoms with E-state index in [1.54, 1.807) is 30.5 Å². The van der Waals surface area contributed by atoms with E-state index in [1.165, 1.54) is 5.69 Å². The van der Waals surface area contributed by atoms with Crippen LogP contribution in [0.25, 0.3) is 0 Å². The molecule has 0 aliphatic carbocycles. The first-order chi connectivity index (χ1) is 20.8. The van der Waals surface area contributed by atoms with Gasteiger partial charge >= 0.3 is 0 Å². The van der Waals surface area contributed by atoms with Crippen LogP contribution >= 0.6 is 0 Å². The number of nitrogens with one attached hydrogen (secondary N) is 2. The van der Waals surface area contributed by atoms with Crippen molar-refractivity contribution in [1.29, 1.82) is 0 Å². The molecule has 10 heteroatoms. The Morgan fingerprint density at radius 1 is 0.814 bits per heavy atom. The minimum Gasteiger partial charge on any atom is -0.369 e. The summed E-state index contributed by atoms with van der Waals surface area (Å²) in [6.07, 6.45) is 5.41. The van der Waals surface area contributed by atoms with Crippen LogP contribution in [0.1, 0.15) is 62.3 Å². The Kier molecular flexibility index (Phi) is 8.29. The first-order valence-electron chi connectivity index (χ1n) is 15.1. The van der Waals surface area contributed by atoms with Gasteiger partial charge in [-0.25, -0.2) is 4.98 Å². The van der Waals surface area contributed by atoms with E-state index >= 15 is 0 Å². The summed E-state index contributed by atoms with van der Waals surface area (Å²) in [7, 11) is 2.15. The minimum absolute atomic E-state index is 0.0674. The van der Waals surface area contributed by atoms with E-state index < -0.39 is 5.91 Å². The summed E-state index contributed by atoms with van der Waals surface area (Å²) in [6.45, 7) is 4.66. The van der Waals surface area contributed by atoms with E-state index in [9.17, 15) is 14.4 Å². The van der Waals surface area contributed by atoms with Gasteiger partial charge in [0.25, 0.3) is 11.8 Å². The van der Waals surface area contributed by atoms with Gasteiger partial charge in [-0.05, 0) is 86.8 Å². The highest BCUT2D eigenvalue weighted by Gasteiger charge is 2.41. The minimum atomic E-state index is -0.513. The molecule has 3 fully saturated rings. The van der Waals surface area contributed by atoms with Crippen molar-refractivity contribution in [3.8, 4) is 0 Å². The lowest BCUT2D eigenvalue weighted by Crippen LogP contribution is -2.50. The van der Waals surface area contributed by atoms with Crippen molar-refractivity contribution < 1.29 is 14.4 Å². The lowest BCUT2D eigenvalue weighted by atomic mass is 9.96. The summed E-state index contributed by atoms with van der Waals surface area (Å²) in [6, 6.07) is 19.2. The molecule has 3 aliphatic rings. The van der Waals surface area contributed by atoms with Crippen LogP contribution in [0.3, 0.4) is 0 Å². The number of fused-ring (bicyclic) bond motifs is 2. The van der Waals surface area contributed by atoms with Crippen molar-refractivity contribution >= 4 is 29.2 Å². The van der Waals surface area contributed by atoms with E-state index in [0.29, 0.717) is 23.2 Å². The molecule has 10 nitrogen and oxygen atoms in total. The van der Waals surface area contributed by atoms with E-state index in [-0.39, 0.29) is 29.9 Å². The number of amides is 3. The fourth-order valence-corrected chi connectivity index (χ4v) is 6.57. The zero-order valence-electron chi connectivity index (χ0n) is 24.5. The number of aromatic nitrogens is 1. The molecule has 0 radical (unpaired) electrons. The molecule has 43 heavy (non-hydrogen) atoms. The quantitative estimate of drug-likeness (QED) is 0.374. The van der Waals surface area contributed by atoms with Crippen LogP contribution in [0.2, 0.25) is 0 Å². The van der Waals surface area contributed by atoms with Crippen LogP contribution in [0.5, 0.6) is 0 Å². The number of nitrogens with two attached hydrogens (primary N) is 1. The second-order valence-electron chi connectivity index (χ2n) is 11.9. The zero-order chi connectivity index (χ0) is 29.9. The van der Waals surface area contributed by atoms with Gasteiger partial charge < -0.3 is 31.1 Å². The van der Waals surface area contributed by atoms with Gasteiger partial charge in [-0.1, -0.05) is 12.1 Å². The van der Waals surface area contributed by atoms with Crippen LogP contribution in [0.15, 0.2) is 66.9 Å². The number of likely N-dealkylation sites (N-methyl/N-ethyl adjacent to an activating group) is 1.